The number of ether oxygens (including phenoxy) is 1. The minimum Gasteiger partial charge on any atom is -0.490 e. The number of aliphatic imine (C=N–C) groups is 1. The van der Waals surface area contributed by atoms with Gasteiger partial charge in [-0.05, 0) is 31.9 Å². The van der Waals surface area contributed by atoms with Crippen LogP contribution in [0.15, 0.2) is 29.5 Å². The number of piperidine rings is 1. The first-order valence-corrected chi connectivity index (χ1v) is 9.58. The van der Waals surface area contributed by atoms with Crippen molar-refractivity contribution in [1.82, 2.24) is 25.4 Å². The zero-order valence-electron chi connectivity index (χ0n) is 17.1. The SMILES string of the molecule is CCNC(=NCCOc1cccnc1)NC1CCN(CC(=O)N(C)C)CC1.I. The van der Waals surface area contributed by atoms with Crippen LogP contribution in [0.2, 0.25) is 0 Å². The van der Waals surface area contributed by atoms with E-state index in [1.165, 1.54) is 0 Å². The molecular weight excluding hydrogens is 471 g/mol. The summed E-state index contributed by atoms with van der Waals surface area (Å²) < 4.78 is 5.63. The van der Waals surface area contributed by atoms with Gasteiger partial charge in [0.05, 0.1) is 19.3 Å². The normalized spacial score (nSPS) is 15.5. The molecule has 1 aromatic heterocycles. The van der Waals surface area contributed by atoms with E-state index in [0.717, 1.165) is 44.2 Å². The Morgan fingerprint density at radius 2 is 2.14 bits per heavy atom. The lowest BCUT2D eigenvalue weighted by molar-refractivity contribution is -0.130. The highest BCUT2D eigenvalue weighted by Crippen LogP contribution is 2.10. The van der Waals surface area contributed by atoms with Crippen LogP contribution < -0.4 is 15.4 Å². The molecule has 1 saturated heterocycles. The first-order valence-electron chi connectivity index (χ1n) is 9.58. The molecule has 0 atom stereocenters. The lowest BCUT2D eigenvalue weighted by Gasteiger charge is -2.33. The predicted molar refractivity (Wildman–Crippen MR) is 122 cm³/mol. The van der Waals surface area contributed by atoms with Gasteiger partial charge in [0.1, 0.15) is 12.4 Å². The Bertz CT molecular complexity index is 591. The van der Waals surface area contributed by atoms with Crippen LogP contribution in [0, 0.1) is 0 Å². The summed E-state index contributed by atoms with van der Waals surface area (Å²) in [6, 6.07) is 4.10. The third kappa shape index (κ3) is 9.05. The molecule has 0 radical (unpaired) electrons. The Labute approximate surface area is 185 Å². The molecule has 1 fully saturated rings. The molecule has 0 aliphatic carbocycles. The van der Waals surface area contributed by atoms with Crippen LogP contribution in [0.4, 0.5) is 0 Å². The lowest BCUT2D eigenvalue weighted by atomic mass is 10.1. The van der Waals surface area contributed by atoms with Crippen LogP contribution in [-0.4, -0.2) is 86.1 Å². The Morgan fingerprint density at radius 3 is 2.75 bits per heavy atom. The zero-order valence-corrected chi connectivity index (χ0v) is 19.4. The number of nitrogens with one attached hydrogen (secondary N) is 2. The number of rotatable bonds is 8. The van der Waals surface area contributed by atoms with Gasteiger partial charge in [-0.15, -0.1) is 24.0 Å². The van der Waals surface area contributed by atoms with Gasteiger partial charge in [0.2, 0.25) is 5.91 Å². The summed E-state index contributed by atoms with van der Waals surface area (Å²) >= 11 is 0. The fourth-order valence-electron chi connectivity index (χ4n) is 2.83. The quantitative estimate of drug-likeness (QED) is 0.240. The third-order valence-electron chi connectivity index (χ3n) is 4.39. The summed E-state index contributed by atoms with van der Waals surface area (Å²) in [6.45, 7) is 6.28. The molecule has 8 nitrogen and oxygen atoms in total. The molecule has 0 aromatic carbocycles. The number of likely N-dealkylation sites (N-methyl/N-ethyl adjacent to an activating group) is 1. The number of aromatic nitrogens is 1. The molecule has 2 rings (SSSR count). The summed E-state index contributed by atoms with van der Waals surface area (Å²) in [4.78, 5) is 24.3. The van der Waals surface area contributed by atoms with Crippen LogP contribution in [0.25, 0.3) is 0 Å². The fraction of sp³-hybridized carbons (Fsp3) is 0.632. The van der Waals surface area contributed by atoms with Crippen molar-refractivity contribution >= 4 is 35.8 Å². The second kappa shape index (κ2) is 13.5. The minimum absolute atomic E-state index is 0. The van der Waals surface area contributed by atoms with Gasteiger partial charge in [0, 0.05) is 46.0 Å². The molecule has 1 aliphatic rings. The maximum atomic E-state index is 11.8. The summed E-state index contributed by atoms with van der Waals surface area (Å²) in [6.07, 6.45) is 5.41. The molecule has 1 amide bonds. The van der Waals surface area contributed by atoms with Gasteiger partial charge in [-0.2, -0.15) is 0 Å². The highest BCUT2D eigenvalue weighted by atomic mass is 127. The van der Waals surface area contributed by atoms with Gasteiger partial charge >= 0.3 is 0 Å². The topological polar surface area (TPSA) is 82.1 Å². The van der Waals surface area contributed by atoms with Crippen LogP contribution >= 0.6 is 24.0 Å². The first-order chi connectivity index (χ1) is 13.1. The number of amides is 1. The van der Waals surface area contributed by atoms with E-state index in [0.29, 0.717) is 25.7 Å². The molecule has 28 heavy (non-hydrogen) atoms. The average molecular weight is 504 g/mol. The number of hydrogen-bond acceptors (Lipinski definition) is 5. The maximum absolute atomic E-state index is 11.8. The molecule has 0 unspecified atom stereocenters. The molecule has 0 bridgehead atoms. The van der Waals surface area contributed by atoms with Gasteiger partial charge < -0.3 is 20.3 Å². The Balaban J connectivity index is 0.00000392. The van der Waals surface area contributed by atoms with Gasteiger partial charge in [-0.25, -0.2) is 4.99 Å². The number of carbonyl (C=O) groups is 1. The van der Waals surface area contributed by atoms with E-state index in [-0.39, 0.29) is 29.9 Å². The number of carbonyl (C=O) groups excluding carboxylic acids is 1. The third-order valence-corrected chi connectivity index (χ3v) is 4.39. The summed E-state index contributed by atoms with van der Waals surface area (Å²) in [5, 5.41) is 6.78. The molecule has 9 heteroatoms. The van der Waals surface area contributed by atoms with Crippen molar-refractivity contribution < 1.29 is 9.53 Å². The van der Waals surface area contributed by atoms with E-state index in [9.17, 15) is 4.79 Å². The Hall–Kier alpha value is -1.62. The highest BCUT2D eigenvalue weighted by molar-refractivity contribution is 14.0. The van der Waals surface area contributed by atoms with Crippen LogP contribution in [0.1, 0.15) is 19.8 Å². The minimum atomic E-state index is 0. The molecule has 2 N–H and O–H groups in total. The lowest BCUT2D eigenvalue weighted by Crippen LogP contribution is -2.50. The summed E-state index contributed by atoms with van der Waals surface area (Å²) in [5.74, 6) is 1.73. The van der Waals surface area contributed by atoms with Crippen LogP contribution in [0.5, 0.6) is 5.75 Å². The predicted octanol–water partition coefficient (Wildman–Crippen LogP) is 1.19. The molecule has 0 saturated carbocycles. The second-order valence-corrected chi connectivity index (χ2v) is 6.78. The second-order valence-electron chi connectivity index (χ2n) is 6.78. The number of nitrogens with zero attached hydrogens (tertiary/aromatic N) is 4. The van der Waals surface area contributed by atoms with E-state index < -0.39 is 0 Å². The van der Waals surface area contributed by atoms with Crippen molar-refractivity contribution in [2.24, 2.45) is 4.99 Å². The van der Waals surface area contributed by atoms with E-state index >= 15 is 0 Å². The number of pyridine rings is 1. The monoisotopic (exact) mass is 504 g/mol. The fourth-order valence-corrected chi connectivity index (χ4v) is 2.83. The summed E-state index contributed by atoms with van der Waals surface area (Å²) in [7, 11) is 3.60. The largest absolute Gasteiger partial charge is 0.490 e. The van der Waals surface area contributed by atoms with Gasteiger partial charge in [0.15, 0.2) is 5.96 Å². The highest BCUT2D eigenvalue weighted by Gasteiger charge is 2.21. The van der Waals surface area contributed by atoms with E-state index in [1.54, 1.807) is 31.4 Å². The first kappa shape index (κ1) is 24.4. The van der Waals surface area contributed by atoms with Crippen molar-refractivity contribution in [1.29, 1.82) is 0 Å². The Kier molecular flexibility index (Phi) is 11.8. The van der Waals surface area contributed by atoms with E-state index in [1.807, 2.05) is 12.1 Å². The molecule has 2 heterocycles. The summed E-state index contributed by atoms with van der Waals surface area (Å²) in [5.41, 5.74) is 0. The molecule has 1 aromatic rings. The maximum Gasteiger partial charge on any atom is 0.236 e. The number of halogens is 1. The standard InChI is InChI=1S/C19H32N6O2.HI/c1-4-21-19(22-10-13-27-17-6-5-9-20-14-17)23-16-7-11-25(12-8-16)15-18(26)24(2)3;/h5-6,9,14,16H,4,7-8,10-13,15H2,1-3H3,(H2,21,22,23);1H. The van der Waals surface area contributed by atoms with Crippen molar-refractivity contribution in [2.45, 2.75) is 25.8 Å². The van der Waals surface area contributed by atoms with Crippen molar-refractivity contribution in [3.05, 3.63) is 24.5 Å². The number of hydrogen-bond donors (Lipinski definition) is 2. The zero-order chi connectivity index (χ0) is 19.5. The van der Waals surface area contributed by atoms with E-state index in [2.05, 4.69) is 32.4 Å². The number of guanidine groups is 1. The van der Waals surface area contributed by atoms with Crippen LogP contribution in [-0.2, 0) is 4.79 Å². The number of likely N-dealkylation sites (tertiary alicyclic amines) is 1. The molecule has 1 aliphatic heterocycles. The molecule has 0 spiro atoms. The van der Waals surface area contributed by atoms with E-state index in [4.69, 9.17) is 4.74 Å². The smallest absolute Gasteiger partial charge is 0.236 e. The average Bonchev–Trinajstić information content (AvgIpc) is 2.67. The van der Waals surface area contributed by atoms with Crippen molar-refractivity contribution in [3.8, 4) is 5.75 Å². The van der Waals surface area contributed by atoms with Crippen LogP contribution in [0.3, 0.4) is 0 Å². The molecule has 158 valence electrons. The van der Waals surface area contributed by atoms with Gasteiger partial charge in [-0.1, -0.05) is 0 Å². The van der Waals surface area contributed by atoms with Gasteiger partial charge in [0.25, 0.3) is 0 Å². The molecular formula is C19H33IN6O2. The van der Waals surface area contributed by atoms with Crippen molar-refractivity contribution in [3.63, 3.8) is 0 Å². The Morgan fingerprint density at radius 1 is 1.39 bits per heavy atom. The van der Waals surface area contributed by atoms with Gasteiger partial charge in [-0.3, -0.25) is 14.7 Å². The van der Waals surface area contributed by atoms with Crippen molar-refractivity contribution in [2.75, 3.05) is 53.4 Å².